The van der Waals surface area contributed by atoms with Gasteiger partial charge in [-0.3, -0.25) is 4.79 Å². The van der Waals surface area contributed by atoms with E-state index in [0.29, 0.717) is 18.7 Å². The van der Waals surface area contributed by atoms with Crippen LogP contribution in [0, 0.1) is 0 Å². The van der Waals surface area contributed by atoms with Crippen LogP contribution in [-0.2, 0) is 13.1 Å². The van der Waals surface area contributed by atoms with Gasteiger partial charge in [-0.25, -0.2) is 0 Å². The molecule has 0 atom stereocenters. The molecule has 0 saturated carbocycles. The molecule has 0 unspecified atom stereocenters. The van der Waals surface area contributed by atoms with Crippen LogP contribution >= 0.6 is 11.6 Å². The van der Waals surface area contributed by atoms with Crippen LogP contribution < -0.4 is 11.1 Å². The maximum atomic E-state index is 11.1. The smallest absolute Gasteiger partial charge is 0.248 e. The second-order valence-corrected chi connectivity index (χ2v) is 4.67. The molecule has 2 rings (SSSR count). The van der Waals surface area contributed by atoms with Crippen LogP contribution in [0.4, 0.5) is 0 Å². The predicted molar refractivity (Wildman–Crippen MR) is 77.0 cm³/mol. The molecular formula is C15H15ClN2O. The van der Waals surface area contributed by atoms with Crippen LogP contribution in [0.15, 0.2) is 48.5 Å². The highest BCUT2D eigenvalue weighted by Gasteiger charge is 2.02. The standard InChI is InChI=1S/C15H15ClN2O/c16-14-7-2-1-5-13(14)10-18-9-11-4-3-6-12(8-11)15(17)19/h1-8,18H,9-10H2,(H2,17,19). The number of carbonyl (C=O) groups is 1. The fourth-order valence-electron chi connectivity index (χ4n) is 1.82. The number of carbonyl (C=O) groups excluding carboxylic acids is 1. The second-order valence-electron chi connectivity index (χ2n) is 4.26. The lowest BCUT2D eigenvalue weighted by Crippen LogP contribution is -2.15. The third-order valence-corrected chi connectivity index (χ3v) is 3.18. The minimum absolute atomic E-state index is 0.409. The first-order chi connectivity index (χ1) is 9.16. The summed E-state index contributed by atoms with van der Waals surface area (Å²) in [5.74, 6) is -0.409. The van der Waals surface area contributed by atoms with E-state index in [0.717, 1.165) is 16.1 Å². The van der Waals surface area contributed by atoms with Gasteiger partial charge in [-0.1, -0.05) is 41.9 Å². The van der Waals surface area contributed by atoms with Gasteiger partial charge in [-0.05, 0) is 29.3 Å². The average molecular weight is 275 g/mol. The number of halogens is 1. The third kappa shape index (κ3) is 3.81. The van der Waals surface area contributed by atoms with E-state index >= 15 is 0 Å². The second kappa shape index (κ2) is 6.36. The van der Waals surface area contributed by atoms with Gasteiger partial charge in [-0.2, -0.15) is 0 Å². The number of amides is 1. The number of benzene rings is 2. The first-order valence-corrected chi connectivity index (χ1v) is 6.37. The number of nitrogens with two attached hydrogens (primary N) is 1. The zero-order valence-electron chi connectivity index (χ0n) is 10.4. The Morgan fingerprint density at radius 1 is 1.11 bits per heavy atom. The highest BCUT2D eigenvalue weighted by Crippen LogP contribution is 2.14. The Morgan fingerprint density at radius 2 is 1.89 bits per heavy atom. The van der Waals surface area contributed by atoms with Crippen LogP contribution in [0.1, 0.15) is 21.5 Å². The van der Waals surface area contributed by atoms with Gasteiger partial charge in [0.15, 0.2) is 0 Å². The summed E-state index contributed by atoms with van der Waals surface area (Å²) in [5, 5.41) is 4.04. The molecule has 2 aromatic rings. The SMILES string of the molecule is NC(=O)c1cccc(CNCc2ccccc2Cl)c1. The summed E-state index contributed by atoms with van der Waals surface area (Å²) in [6, 6.07) is 15.0. The quantitative estimate of drug-likeness (QED) is 0.881. The normalized spacial score (nSPS) is 10.4. The van der Waals surface area contributed by atoms with E-state index in [-0.39, 0.29) is 0 Å². The largest absolute Gasteiger partial charge is 0.366 e. The molecule has 2 aromatic carbocycles. The fourth-order valence-corrected chi connectivity index (χ4v) is 2.02. The molecule has 0 spiro atoms. The van der Waals surface area contributed by atoms with E-state index in [2.05, 4.69) is 5.32 Å². The lowest BCUT2D eigenvalue weighted by Gasteiger charge is -2.07. The number of rotatable bonds is 5. The maximum absolute atomic E-state index is 11.1. The van der Waals surface area contributed by atoms with Gasteiger partial charge >= 0.3 is 0 Å². The van der Waals surface area contributed by atoms with Crippen molar-refractivity contribution in [3.05, 3.63) is 70.2 Å². The lowest BCUT2D eigenvalue weighted by molar-refractivity contribution is 0.1000. The molecule has 0 saturated heterocycles. The predicted octanol–water partition coefficient (Wildman–Crippen LogP) is 2.73. The van der Waals surface area contributed by atoms with Crippen molar-refractivity contribution in [2.75, 3.05) is 0 Å². The topological polar surface area (TPSA) is 55.1 Å². The van der Waals surface area contributed by atoms with Gasteiger partial charge in [0, 0.05) is 23.7 Å². The summed E-state index contributed by atoms with van der Waals surface area (Å²) >= 11 is 6.07. The summed E-state index contributed by atoms with van der Waals surface area (Å²) in [7, 11) is 0. The van der Waals surface area contributed by atoms with E-state index in [9.17, 15) is 4.79 Å². The van der Waals surface area contributed by atoms with E-state index in [1.807, 2.05) is 36.4 Å². The van der Waals surface area contributed by atoms with Crippen molar-refractivity contribution in [2.24, 2.45) is 5.73 Å². The first-order valence-electron chi connectivity index (χ1n) is 5.99. The van der Waals surface area contributed by atoms with Crippen molar-refractivity contribution in [3.63, 3.8) is 0 Å². The zero-order chi connectivity index (χ0) is 13.7. The molecule has 0 radical (unpaired) electrons. The Balaban J connectivity index is 1.94. The minimum atomic E-state index is -0.409. The van der Waals surface area contributed by atoms with Crippen LogP contribution in [0.3, 0.4) is 0 Å². The van der Waals surface area contributed by atoms with E-state index < -0.39 is 5.91 Å². The molecule has 0 fully saturated rings. The van der Waals surface area contributed by atoms with Gasteiger partial charge in [-0.15, -0.1) is 0 Å². The third-order valence-electron chi connectivity index (χ3n) is 2.81. The van der Waals surface area contributed by atoms with Crippen molar-refractivity contribution >= 4 is 17.5 Å². The Hall–Kier alpha value is -1.84. The molecule has 0 bridgehead atoms. The molecule has 3 N–H and O–H groups in total. The number of hydrogen-bond donors (Lipinski definition) is 2. The molecule has 0 aliphatic heterocycles. The summed E-state index contributed by atoms with van der Waals surface area (Å²) < 4.78 is 0. The first kappa shape index (κ1) is 13.6. The number of nitrogens with one attached hydrogen (secondary N) is 1. The minimum Gasteiger partial charge on any atom is -0.366 e. The molecular weight excluding hydrogens is 260 g/mol. The van der Waals surface area contributed by atoms with Crippen molar-refractivity contribution < 1.29 is 4.79 Å². The van der Waals surface area contributed by atoms with Crippen LogP contribution in [0.25, 0.3) is 0 Å². The summed E-state index contributed by atoms with van der Waals surface area (Å²) in [6.45, 7) is 1.34. The summed E-state index contributed by atoms with van der Waals surface area (Å²) in [5.41, 5.74) is 7.84. The van der Waals surface area contributed by atoms with Crippen molar-refractivity contribution in [2.45, 2.75) is 13.1 Å². The van der Waals surface area contributed by atoms with Gasteiger partial charge in [0.05, 0.1) is 0 Å². The average Bonchev–Trinajstić information content (AvgIpc) is 2.41. The summed E-state index contributed by atoms with van der Waals surface area (Å²) in [6.07, 6.45) is 0. The molecule has 1 amide bonds. The molecule has 98 valence electrons. The highest BCUT2D eigenvalue weighted by molar-refractivity contribution is 6.31. The van der Waals surface area contributed by atoms with Gasteiger partial charge < -0.3 is 11.1 Å². The van der Waals surface area contributed by atoms with E-state index in [1.54, 1.807) is 12.1 Å². The number of hydrogen-bond acceptors (Lipinski definition) is 2. The van der Waals surface area contributed by atoms with Crippen LogP contribution in [-0.4, -0.2) is 5.91 Å². The zero-order valence-corrected chi connectivity index (χ0v) is 11.2. The number of primary amides is 1. The van der Waals surface area contributed by atoms with Crippen molar-refractivity contribution in [1.29, 1.82) is 0 Å². The monoisotopic (exact) mass is 274 g/mol. The lowest BCUT2D eigenvalue weighted by atomic mass is 10.1. The molecule has 3 nitrogen and oxygen atoms in total. The van der Waals surface area contributed by atoms with Gasteiger partial charge in [0.1, 0.15) is 0 Å². The Bertz CT molecular complexity index is 584. The van der Waals surface area contributed by atoms with Gasteiger partial charge in [0.25, 0.3) is 0 Å². The van der Waals surface area contributed by atoms with E-state index in [4.69, 9.17) is 17.3 Å². The van der Waals surface area contributed by atoms with Crippen LogP contribution in [0.5, 0.6) is 0 Å². The Morgan fingerprint density at radius 3 is 2.63 bits per heavy atom. The van der Waals surface area contributed by atoms with Crippen LogP contribution in [0.2, 0.25) is 5.02 Å². The van der Waals surface area contributed by atoms with E-state index in [1.165, 1.54) is 0 Å². The Kier molecular flexibility index (Phi) is 4.55. The molecule has 4 heteroatoms. The molecule has 0 aliphatic rings. The fraction of sp³-hybridized carbons (Fsp3) is 0.133. The van der Waals surface area contributed by atoms with Gasteiger partial charge in [0.2, 0.25) is 5.91 Å². The summed E-state index contributed by atoms with van der Waals surface area (Å²) in [4.78, 5) is 11.1. The highest BCUT2D eigenvalue weighted by atomic mass is 35.5. The molecule has 0 aromatic heterocycles. The molecule has 0 heterocycles. The molecule has 0 aliphatic carbocycles. The molecule has 19 heavy (non-hydrogen) atoms. The Labute approximate surface area is 117 Å². The van der Waals surface area contributed by atoms with Crippen molar-refractivity contribution in [1.82, 2.24) is 5.32 Å². The maximum Gasteiger partial charge on any atom is 0.248 e. The van der Waals surface area contributed by atoms with Crippen molar-refractivity contribution in [3.8, 4) is 0 Å².